The third-order valence-corrected chi connectivity index (χ3v) is 5.10. The maximum Gasteiger partial charge on any atom is 0.0298 e. The maximum atomic E-state index is 3.53. The Labute approximate surface area is 141 Å². The van der Waals surface area contributed by atoms with E-state index in [1.807, 2.05) is 0 Å². The summed E-state index contributed by atoms with van der Waals surface area (Å²) in [7, 11) is 4.39. The summed E-state index contributed by atoms with van der Waals surface area (Å²) in [6.45, 7) is 3.29. The monoisotopic (exact) mass is 358 g/mol. The first-order valence-electron chi connectivity index (χ1n) is 7.81. The Balaban J connectivity index is 1.76. The first-order valence-corrected chi connectivity index (χ1v) is 8.61. The van der Waals surface area contributed by atoms with Crippen LogP contribution in [0.3, 0.4) is 0 Å². The van der Waals surface area contributed by atoms with Gasteiger partial charge in [0.25, 0.3) is 0 Å². The Kier molecular flexibility index (Phi) is 4.97. The molecule has 2 aromatic rings. The Morgan fingerprint density at radius 3 is 2.32 bits per heavy atom. The molecule has 0 radical (unpaired) electrons. The topological polar surface area (TPSA) is 6.48 Å². The quantitative estimate of drug-likeness (QED) is 0.815. The summed E-state index contributed by atoms with van der Waals surface area (Å²) in [5, 5.41) is 0. The van der Waals surface area contributed by atoms with Crippen LogP contribution in [0.5, 0.6) is 0 Å². The van der Waals surface area contributed by atoms with Gasteiger partial charge in [-0.2, -0.15) is 0 Å². The highest BCUT2D eigenvalue weighted by atomic mass is 79.9. The summed E-state index contributed by atoms with van der Waals surface area (Å²) in [6, 6.07) is 20.2. The fourth-order valence-corrected chi connectivity index (χ4v) is 3.66. The molecule has 0 aliphatic carbocycles. The molecule has 0 spiro atoms. The number of benzene rings is 2. The van der Waals surface area contributed by atoms with Gasteiger partial charge in [0.1, 0.15) is 0 Å². The third kappa shape index (κ3) is 3.60. The van der Waals surface area contributed by atoms with Crippen LogP contribution in [0.25, 0.3) is 0 Å². The molecule has 1 aliphatic rings. The van der Waals surface area contributed by atoms with E-state index in [0.717, 1.165) is 24.1 Å². The second kappa shape index (κ2) is 6.95. The zero-order valence-electron chi connectivity index (χ0n) is 13.2. The molecule has 0 amide bonds. The molecule has 3 rings (SSSR count). The van der Waals surface area contributed by atoms with Crippen molar-refractivity contribution in [3.8, 4) is 0 Å². The highest BCUT2D eigenvalue weighted by molar-refractivity contribution is 9.10. The minimum atomic E-state index is 0.574. The number of likely N-dealkylation sites (N-methyl/N-ethyl adjacent to an activating group) is 1. The summed E-state index contributed by atoms with van der Waals surface area (Å²) in [4.78, 5) is 4.95. The molecule has 0 N–H and O–H groups in total. The van der Waals surface area contributed by atoms with E-state index in [1.165, 1.54) is 11.1 Å². The van der Waals surface area contributed by atoms with Gasteiger partial charge in [0, 0.05) is 36.1 Å². The standard InChI is InChI=1S/C19H23BrN2/c1-21(2)19-14-22(12-15-6-4-3-5-7-15)13-18(19)16-8-10-17(20)11-9-16/h3-11,18-19H,12-14H2,1-2H3/t18-,19+/m1/s1. The van der Waals surface area contributed by atoms with E-state index >= 15 is 0 Å². The van der Waals surface area contributed by atoms with E-state index in [2.05, 4.69) is 94.4 Å². The molecule has 1 saturated heterocycles. The second-order valence-corrected chi connectivity index (χ2v) is 7.28. The Hall–Kier alpha value is -1.16. The highest BCUT2D eigenvalue weighted by Crippen LogP contribution is 2.31. The van der Waals surface area contributed by atoms with Gasteiger partial charge in [-0.15, -0.1) is 0 Å². The first-order chi connectivity index (χ1) is 10.6. The van der Waals surface area contributed by atoms with Gasteiger partial charge in [-0.25, -0.2) is 0 Å². The van der Waals surface area contributed by atoms with Crippen LogP contribution in [0.4, 0.5) is 0 Å². The van der Waals surface area contributed by atoms with Crippen LogP contribution in [0.15, 0.2) is 59.1 Å². The van der Waals surface area contributed by atoms with Gasteiger partial charge in [0.15, 0.2) is 0 Å². The molecule has 2 nitrogen and oxygen atoms in total. The molecule has 22 heavy (non-hydrogen) atoms. The largest absolute Gasteiger partial charge is 0.305 e. The van der Waals surface area contributed by atoms with Crippen LogP contribution in [-0.4, -0.2) is 43.0 Å². The van der Waals surface area contributed by atoms with E-state index in [9.17, 15) is 0 Å². The van der Waals surface area contributed by atoms with E-state index in [4.69, 9.17) is 0 Å². The van der Waals surface area contributed by atoms with Crippen molar-refractivity contribution >= 4 is 15.9 Å². The maximum absolute atomic E-state index is 3.53. The van der Waals surface area contributed by atoms with Crippen LogP contribution >= 0.6 is 15.9 Å². The van der Waals surface area contributed by atoms with Gasteiger partial charge < -0.3 is 4.90 Å². The van der Waals surface area contributed by atoms with Gasteiger partial charge in [0.05, 0.1) is 0 Å². The second-order valence-electron chi connectivity index (χ2n) is 6.37. The number of nitrogens with zero attached hydrogens (tertiary/aromatic N) is 2. The number of likely N-dealkylation sites (tertiary alicyclic amines) is 1. The van der Waals surface area contributed by atoms with Gasteiger partial charge in [-0.05, 0) is 37.4 Å². The average molecular weight is 359 g/mol. The van der Waals surface area contributed by atoms with Gasteiger partial charge in [-0.3, -0.25) is 4.90 Å². The molecule has 0 bridgehead atoms. The van der Waals surface area contributed by atoms with Gasteiger partial charge in [0.2, 0.25) is 0 Å². The minimum absolute atomic E-state index is 0.574. The Morgan fingerprint density at radius 2 is 1.68 bits per heavy atom. The van der Waals surface area contributed by atoms with Crippen LogP contribution in [0, 0.1) is 0 Å². The molecule has 3 heteroatoms. The number of hydrogen-bond donors (Lipinski definition) is 0. The van der Waals surface area contributed by atoms with Crippen molar-refractivity contribution in [2.24, 2.45) is 0 Å². The number of hydrogen-bond acceptors (Lipinski definition) is 2. The third-order valence-electron chi connectivity index (χ3n) is 4.58. The molecular formula is C19H23BrN2. The van der Waals surface area contributed by atoms with Crippen LogP contribution in [-0.2, 0) is 6.54 Å². The summed E-state index contributed by atoms with van der Waals surface area (Å²) in [5.41, 5.74) is 2.84. The molecule has 0 aromatic heterocycles. The lowest BCUT2D eigenvalue weighted by atomic mass is 9.94. The predicted molar refractivity (Wildman–Crippen MR) is 96.1 cm³/mol. The van der Waals surface area contributed by atoms with Crippen LogP contribution in [0.2, 0.25) is 0 Å². The van der Waals surface area contributed by atoms with Crippen LogP contribution in [0.1, 0.15) is 17.0 Å². The summed E-state index contributed by atoms with van der Waals surface area (Å²) >= 11 is 3.53. The summed E-state index contributed by atoms with van der Waals surface area (Å²) < 4.78 is 1.15. The normalized spacial score (nSPS) is 22.4. The average Bonchev–Trinajstić information content (AvgIpc) is 2.93. The first kappa shape index (κ1) is 15.7. The number of rotatable bonds is 4. The number of halogens is 1. The molecule has 1 heterocycles. The summed E-state index contributed by atoms with van der Waals surface area (Å²) in [6.07, 6.45) is 0. The Bertz CT molecular complexity index is 595. The van der Waals surface area contributed by atoms with Crippen molar-refractivity contribution in [3.63, 3.8) is 0 Å². The summed E-state index contributed by atoms with van der Waals surface area (Å²) in [5.74, 6) is 0.576. The Morgan fingerprint density at radius 1 is 1.00 bits per heavy atom. The zero-order chi connectivity index (χ0) is 15.5. The smallest absolute Gasteiger partial charge is 0.0298 e. The molecule has 2 aromatic carbocycles. The molecule has 0 saturated carbocycles. The van der Waals surface area contributed by atoms with Gasteiger partial charge in [-0.1, -0.05) is 58.4 Å². The molecule has 1 aliphatic heterocycles. The predicted octanol–water partition coefficient (Wildman–Crippen LogP) is 3.98. The SMILES string of the molecule is CN(C)[C@H]1CN(Cc2ccccc2)C[C@@H]1c1ccc(Br)cc1. The zero-order valence-corrected chi connectivity index (χ0v) is 14.8. The van der Waals surface area contributed by atoms with E-state index in [-0.39, 0.29) is 0 Å². The fraction of sp³-hybridized carbons (Fsp3) is 0.368. The van der Waals surface area contributed by atoms with E-state index in [1.54, 1.807) is 0 Å². The molecule has 1 fully saturated rings. The van der Waals surface area contributed by atoms with Crippen molar-refractivity contribution in [2.45, 2.75) is 18.5 Å². The van der Waals surface area contributed by atoms with Crippen molar-refractivity contribution in [3.05, 3.63) is 70.2 Å². The fourth-order valence-electron chi connectivity index (χ4n) is 3.40. The van der Waals surface area contributed by atoms with Crippen molar-refractivity contribution in [2.75, 3.05) is 27.2 Å². The lowest BCUT2D eigenvalue weighted by Crippen LogP contribution is -2.34. The van der Waals surface area contributed by atoms with Crippen LogP contribution < -0.4 is 0 Å². The lowest BCUT2D eigenvalue weighted by molar-refractivity contribution is 0.260. The molecular weight excluding hydrogens is 336 g/mol. The van der Waals surface area contributed by atoms with Crippen molar-refractivity contribution in [1.29, 1.82) is 0 Å². The van der Waals surface area contributed by atoms with Crippen molar-refractivity contribution < 1.29 is 0 Å². The minimum Gasteiger partial charge on any atom is -0.305 e. The lowest BCUT2D eigenvalue weighted by Gasteiger charge is -2.25. The van der Waals surface area contributed by atoms with E-state index < -0.39 is 0 Å². The van der Waals surface area contributed by atoms with Crippen molar-refractivity contribution in [1.82, 2.24) is 9.80 Å². The highest BCUT2D eigenvalue weighted by Gasteiger charge is 2.34. The molecule has 116 valence electrons. The molecule has 2 atom stereocenters. The van der Waals surface area contributed by atoms with E-state index in [0.29, 0.717) is 12.0 Å². The van der Waals surface area contributed by atoms with Gasteiger partial charge >= 0.3 is 0 Å². The molecule has 0 unspecified atom stereocenters.